The summed E-state index contributed by atoms with van der Waals surface area (Å²) in [5, 5.41) is 14.2. The van der Waals surface area contributed by atoms with Gasteiger partial charge in [-0.2, -0.15) is 20.0 Å². The Kier molecular flexibility index (Phi) is 7.17. The van der Waals surface area contributed by atoms with Crippen LogP contribution in [0.3, 0.4) is 0 Å². The van der Waals surface area contributed by atoms with Crippen LogP contribution in [0.5, 0.6) is 11.8 Å². The Morgan fingerprint density at radius 3 is 2.59 bits per heavy atom. The van der Waals surface area contributed by atoms with E-state index in [2.05, 4.69) is 20.0 Å². The van der Waals surface area contributed by atoms with Gasteiger partial charge in [0.25, 0.3) is 5.92 Å². The third kappa shape index (κ3) is 5.75. The van der Waals surface area contributed by atoms with Crippen LogP contribution in [0.4, 0.5) is 19.1 Å². The lowest BCUT2D eigenvalue weighted by Crippen LogP contribution is -2.39. The number of rotatable bonds is 9. The molecule has 0 saturated carbocycles. The second kappa shape index (κ2) is 10.3. The van der Waals surface area contributed by atoms with E-state index in [1.54, 1.807) is 30.3 Å². The molecule has 1 atom stereocenters. The predicted molar refractivity (Wildman–Crippen MR) is 116 cm³/mol. The van der Waals surface area contributed by atoms with Crippen LogP contribution >= 0.6 is 0 Å². The van der Waals surface area contributed by atoms with Crippen molar-refractivity contribution in [2.45, 2.75) is 24.9 Å². The number of alkyl halides is 2. The number of piperidine rings is 1. The molecule has 1 saturated heterocycles. The molecule has 182 valence electrons. The minimum Gasteiger partial charge on any atom is -0.497 e. The Balaban J connectivity index is 1.63. The van der Waals surface area contributed by atoms with Gasteiger partial charge in [-0.05, 0) is 22.7 Å². The maximum absolute atomic E-state index is 13.6. The second-order valence-electron chi connectivity index (χ2n) is 7.83. The highest BCUT2D eigenvalue weighted by molar-refractivity contribution is 5.61. The van der Waals surface area contributed by atoms with Gasteiger partial charge < -0.3 is 19.5 Å². The van der Waals surface area contributed by atoms with Gasteiger partial charge in [0, 0.05) is 43.8 Å². The quantitative estimate of drug-likeness (QED) is 0.500. The number of hydrogen-bond acceptors (Lipinski definition) is 8. The fourth-order valence-electron chi connectivity index (χ4n) is 3.49. The van der Waals surface area contributed by atoms with Crippen LogP contribution in [0.2, 0.25) is 0 Å². The molecular weight excluding hydrogens is 455 g/mol. The van der Waals surface area contributed by atoms with E-state index in [0.717, 1.165) is 5.56 Å². The fourth-order valence-corrected chi connectivity index (χ4v) is 3.49. The molecule has 0 bridgehead atoms. The zero-order chi connectivity index (χ0) is 24.1. The van der Waals surface area contributed by atoms with E-state index in [1.165, 1.54) is 4.68 Å². The van der Waals surface area contributed by atoms with Gasteiger partial charge in [-0.25, -0.2) is 13.5 Å². The zero-order valence-electron chi connectivity index (χ0n) is 18.4. The van der Waals surface area contributed by atoms with Gasteiger partial charge in [0.1, 0.15) is 30.9 Å². The van der Waals surface area contributed by atoms with Crippen molar-refractivity contribution in [3.63, 3.8) is 0 Å². The number of anilines is 1. The van der Waals surface area contributed by atoms with E-state index in [-0.39, 0.29) is 38.5 Å². The normalized spacial score (nSPS) is 16.3. The molecule has 0 radical (unpaired) electrons. The zero-order valence-corrected chi connectivity index (χ0v) is 18.4. The van der Waals surface area contributed by atoms with E-state index >= 15 is 0 Å². The maximum atomic E-state index is 13.6. The Morgan fingerprint density at radius 1 is 1.09 bits per heavy atom. The first-order valence-electron chi connectivity index (χ1n) is 10.6. The molecule has 1 aliphatic rings. The van der Waals surface area contributed by atoms with Gasteiger partial charge in [-0.1, -0.05) is 12.1 Å². The lowest BCUT2D eigenvalue weighted by Gasteiger charge is -2.32. The highest BCUT2D eigenvalue weighted by Gasteiger charge is 2.34. The molecule has 3 heterocycles. The van der Waals surface area contributed by atoms with E-state index < -0.39 is 18.6 Å². The summed E-state index contributed by atoms with van der Waals surface area (Å²) in [6, 6.07) is 10.7. The summed E-state index contributed by atoms with van der Waals surface area (Å²) < 4.78 is 51.5. The molecule has 1 fully saturated rings. The Bertz CT molecular complexity index is 1100. The molecule has 2 aromatic heterocycles. The average molecular weight is 479 g/mol. The first kappa shape index (κ1) is 23.8. The van der Waals surface area contributed by atoms with Crippen molar-refractivity contribution >= 4 is 5.82 Å². The molecule has 0 spiro atoms. The molecule has 1 unspecified atom stereocenters. The van der Waals surface area contributed by atoms with Crippen molar-refractivity contribution in [1.82, 2.24) is 19.7 Å². The molecule has 0 aliphatic carbocycles. The Labute approximate surface area is 193 Å². The predicted octanol–water partition coefficient (Wildman–Crippen LogP) is 3.21. The first-order chi connectivity index (χ1) is 16.4. The summed E-state index contributed by atoms with van der Waals surface area (Å²) in [5.41, 5.74) is 1.49. The lowest BCUT2D eigenvalue weighted by atomic mass is 10.1. The van der Waals surface area contributed by atoms with Gasteiger partial charge >= 0.3 is 6.01 Å². The molecule has 1 N–H and O–H groups in total. The van der Waals surface area contributed by atoms with E-state index in [1.807, 2.05) is 24.3 Å². The van der Waals surface area contributed by atoms with Crippen molar-refractivity contribution in [2.75, 3.05) is 38.3 Å². The van der Waals surface area contributed by atoms with E-state index in [9.17, 15) is 18.4 Å². The molecule has 4 rings (SSSR count). The van der Waals surface area contributed by atoms with Crippen molar-refractivity contribution < 1.29 is 32.8 Å². The van der Waals surface area contributed by atoms with Gasteiger partial charge in [0.2, 0.25) is 0 Å². The van der Waals surface area contributed by atoms with Crippen LogP contribution in [-0.2, 0) is 4.94 Å². The number of ether oxygens (including phenoxy) is 2. The van der Waals surface area contributed by atoms with Crippen LogP contribution < -0.4 is 14.4 Å². The van der Waals surface area contributed by atoms with Crippen LogP contribution in [0, 0.1) is 0 Å². The van der Waals surface area contributed by atoms with Crippen LogP contribution in [0.1, 0.15) is 12.8 Å². The summed E-state index contributed by atoms with van der Waals surface area (Å²) in [7, 11) is 1.58. The smallest absolute Gasteiger partial charge is 0.320 e. The second-order valence-corrected chi connectivity index (χ2v) is 7.83. The standard InChI is InChI=1S/C22H24F3N5O4/c1-32-17-4-2-3-15(11-17)18-5-8-30(28-18)20-12-19(29-9-6-22(23,24)7-10-29)26-21(27-20)33-13-16(31)14-34-25/h2-5,8,11-12,16,31H,6-7,9-10,13-14H2,1H3. The maximum Gasteiger partial charge on any atom is 0.320 e. The SMILES string of the molecule is COc1cccc(-c2ccn(-c3cc(N4CCC(F)(F)CC4)nc(OCC(O)COF)n3)n2)c1. The van der Waals surface area contributed by atoms with Crippen LogP contribution in [0.15, 0.2) is 42.6 Å². The third-order valence-corrected chi connectivity index (χ3v) is 5.35. The number of aliphatic hydroxyl groups excluding tert-OH is 1. The summed E-state index contributed by atoms with van der Waals surface area (Å²) in [6.45, 7) is -0.680. The van der Waals surface area contributed by atoms with Crippen LogP contribution in [-0.4, -0.2) is 70.3 Å². The number of nitrogens with zero attached hydrogens (tertiary/aromatic N) is 5. The minimum atomic E-state index is -2.71. The monoisotopic (exact) mass is 479 g/mol. The van der Waals surface area contributed by atoms with Gasteiger partial charge in [-0.3, -0.25) is 0 Å². The van der Waals surface area contributed by atoms with Crippen LogP contribution in [0.25, 0.3) is 17.1 Å². The molecular formula is C22H24F3N5O4. The largest absolute Gasteiger partial charge is 0.497 e. The highest BCUT2D eigenvalue weighted by atomic mass is 19.3. The van der Waals surface area contributed by atoms with Crippen molar-refractivity contribution in [3.05, 3.63) is 42.6 Å². The highest BCUT2D eigenvalue weighted by Crippen LogP contribution is 2.31. The third-order valence-electron chi connectivity index (χ3n) is 5.35. The van der Waals surface area contributed by atoms with Gasteiger partial charge in [-0.15, -0.1) is 0 Å². The number of hydrogen-bond donors (Lipinski definition) is 1. The first-order valence-corrected chi connectivity index (χ1v) is 10.6. The fraction of sp³-hybridized carbons (Fsp3) is 0.409. The molecule has 34 heavy (non-hydrogen) atoms. The molecule has 1 aromatic carbocycles. The molecule has 1 aliphatic heterocycles. The molecule has 12 heteroatoms. The van der Waals surface area contributed by atoms with Crippen molar-refractivity contribution in [3.8, 4) is 28.8 Å². The average Bonchev–Trinajstić information content (AvgIpc) is 3.33. The number of halogens is 3. The lowest BCUT2D eigenvalue weighted by molar-refractivity contribution is -0.161. The number of benzene rings is 1. The number of aliphatic hydroxyl groups is 1. The summed E-state index contributed by atoms with van der Waals surface area (Å²) >= 11 is 0. The Morgan fingerprint density at radius 2 is 1.85 bits per heavy atom. The minimum absolute atomic E-state index is 0.107. The summed E-state index contributed by atoms with van der Waals surface area (Å²) in [4.78, 5) is 13.7. The number of aromatic nitrogens is 4. The molecule has 9 nitrogen and oxygen atoms in total. The Hall–Kier alpha value is -3.38. The van der Waals surface area contributed by atoms with E-state index in [0.29, 0.717) is 23.1 Å². The van der Waals surface area contributed by atoms with Crippen molar-refractivity contribution in [1.29, 1.82) is 0 Å². The van der Waals surface area contributed by atoms with E-state index in [4.69, 9.17) is 9.47 Å². The number of methoxy groups -OCH3 is 1. The van der Waals surface area contributed by atoms with Gasteiger partial charge in [0.15, 0.2) is 5.82 Å². The molecule has 3 aromatic rings. The summed E-state index contributed by atoms with van der Waals surface area (Å²) in [5.74, 6) is -1.31. The van der Waals surface area contributed by atoms with Crippen molar-refractivity contribution in [2.24, 2.45) is 0 Å². The molecule has 0 amide bonds. The van der Waals surface area contributed by atoms with Gasteiger partial charge in [0.05, 0.1) is 12.8 Å². The topological polar surface area (TPSA) is 94.8 Å². The summed E-state index contributed by atoms with van der Waals surface area (Å²) in [6.07, 6.45) is -0.132.